The number of hydrogen-bond donors (Lipinski definition) is 4. The summed E-state index contributed by atoms with van der Waals surface area (Å²) in [6, 6.07) is -1.23. The Morgan fingerprint density at radius 1 is 1.47 bits per heavy atom. The molecule has 0 saturated heterocycles. The van der Waals surface area contributed by atoms with E-state index in [9.17, 15) is 13.9 Å². The quantitative estimate of drug-likeness (QED) is 0.463. The van der Waals surface area contributed by atoms with Crippen molar-refractivity contribution in [2.24, 2.45) is 5.73 Å². The van der Waals surface area contributed by atoms with E-state index in [1.165, 1.54) is 0 Å². The Hall–Kier alpha value is -0.360. The lowest BCUT2D eigenvalue weighted by Gasteiger charge is -2.15. The van der Waals surface area contributed by atoms with Crippen molar-refractivity contribution in [3.63, 3.8) is 0 Å². The highest BCUT2D eigenvalue weighted by Crippen LogP contribution is 2.45. The third-order valence-corrected chi connectivity index (χ3v) is 3.20. The van der Waals surface area contributed by atoms with Crippen molar-refractivity contribution in [2.45, 2.75) is 24.7 Å². The van der Waals surface area contributed by atoms with Gasteiger partial charge in [0, 0.05) is 0 Å². The van der Waals surface area contributed by atoms with Gasteiger partial charge in [-0.2, -0.15) is 0 Å². The third-order valence-electron chi connectivity index (χ3n) is 1.58. The molecule has 0 aliphatic rings. The number of nitrogens with two attached hydrogens (primary N) is 1. The molecule has 0 saturated carbocycles. The van der Waals surface area contributed by atoms with Gasteiger partial charge >= 0.3 is 22.3 Å². The van der Waals surface area contributed by atoms with Gasteiger partial charge in [-0.05, 0) is 12.8 Å². The molecule has 8 nitrogen and oxygen atoms in total. The predicted octanol–water partition coefficient (Wildman–Crippen LogP) is -0.0944. The standard InChI is InChI=1S/C5H11NO7P2/c6-3(5(7)8)1-2-4(13-14-9)15(10,11)12/h3-4H,1-2,6H2,(H,7,8)(H2,10,11,12). The minimum absolute atomic E-state index is 0.180. The fourth-order valence-electron chi connectivity index (χ4n) is 0.778. The number of hydrogen-bond acceptors (Lipinski definition) is 5. The highest BCUT2D eigenvalue weighted by atomic mass is 31.2. The van der Waals surface area contributed by atoms with Crippen molar-refractivity contribution >= 4 is 22.3 Å². The fourth-order valence-corrected chi connectivity index (χ4v) is 2.07. The van der Waals surface area contributed by atoms with Crippen LogP contribution in [0.2, 0.25) is 0 Å². The molecule has 15 heavy (non-hydrogen) atoms. The zero-order chi connectivity index (χ0) is 12.1. The first-order valence-electron chi connectivity index (χ1n) is 3.81. The van der Waals surface area contributed by atoms with Crippen molar-refractivity contribution < 1.29 is 33.3 Å². The van der Waals surface area contributed by atoms with Crippen molar-refractivity contribution in [1.29, 1.82) is 0 Å². The van der Waals surface area contributed by atoms with E-state index in [1.54, 1.807) is 0 Å². The van der Waals surface area contributed by atoms with Crippen LogP contribution in [0.1, 0.15) is 12.8 Å². The van der Waals surface area contributed by atoms with Gasteiger partial charge < -0.3 is 20.6 Å². The summed E-state index contributed by atoms with van der Waals surface area (Å²) < 4.78 is 25.0. The van der Waals surface area contributed by atoms with E-state index in [1.807, 2.05) is 0 Å². The predicted molar refractivity (Wildman–Crippen MR) is 49.4 cm³/mol. The second-order valence-electron chi connectivity index (χ2n) is 2.75. The van der Waals surface area contributed by atoms with Crippen molar-refractivity contribution in [3.8, 4) is 0 Å². The Bertz CT molecular complexity index is 277. The summed E-state index contributed by atoms with van der Waals surface area (Å²) in [5.41, 5.74) is 5.12. The Morgan fingerprint density at radius 2 is 2.00 bits per heavy atom. The molecule has 2 atom stereocenters. The van der Waals surface area contributed by atoms with Crippen LogP contribution in [0, 0.1) is 0 Å². The maximum absolute atomic E-state index is 10.7. The lowest BCUT2D eigenvalue weighted by molar-refractivity contribution is -0.138. The van der Waals surface area contributed by atoms with Gasteiger partial charge in [-0.15, -0.1) is 0 Å². The third kappa shape index (κ3) is 5.94. The normalized spacial score (nSPS) is 16.2. The second kappa shape index (κ2) is 6.27. The number of carboxylic acids is 1. The van der Waals surface area contributed by atoms with E-state index < -0.39 is 34.1 Å². The summed E-state index contributed by atoms with van der Waals surface area (Å²) in [7, 11) is -5.43. The van der Waals surface area contributed by atoms with Gasteiger partial charge in [-0.1, -0.05) is 0 Å². The van der Waals surface area contributed by atoms with E-state index in [0.717, 1.165) is 0 Å². The zero-order valence-electron chi connectivity index (χ0n) is 7.52. The van der Waals surface area contributed by atoms with E-state index >= 15 is 0 Å². The Morgan fingerprint density at radius 3 is 2.33 bits per heavy atom. The first-order valence-corrected chi connectivity index (χ1v) is 6.22. The number of carbonyl (C=O) groups is 1. The van der Waals surface area contributed by atoms with Crippen LogP contribution in [-0.4, -0.2) is 32.7 Å². The maximum atomic E-state index is 10.7. The molecule has 0 fully saturated rings. The molecule has 0 radical (unpaired) electrons. The van der Waals surface area contributed by atoms with Gasteiger partial charge in [0.1, 0.15) is 6.04 Å². The minimum Gasteiger partial charge on any atom is -0.480 e. The number of carboxylic acid groups (broad SMARTS) is 1. The first-order chi connectivity index (χ1) is 6.79. The highest BCUT2D eigenvalue weighted by Gasteiger charge is 2.31. The largest absolute Gasteiger partial charge is 0.480 e. The minimum atomic E-state index is -4.56. The summed E-state index contributed by atoms with van der Waals surface area (Å²) in [5, 5.41) is 8.40. The smallest absolute Gasteiger partial charge is 0.355 e. The number of aliphatic carboxylic acids is 1. The molecule has 0 rings (SSSR count). The molecule has 0 aromatic rings. The van der Waals surface area contributed by atoms with Crippen molar-refractivity contribution in [1.82, 2.24) is 0 Å². The maximum Gasteiger partial charge on any atom is 0.355 e. The molecule has 2 unspecified atom stereocenters. The molecule has 0 heterocycles. The van der Waals surface area contributed by atoms with E-state index in [-0.39, 0.29) is 12.8 Å². The van der Waals surface area contributed by atoms with Crippen LogP contribution in [0.4, 0.5) is 0 Å². The van der Waals surface area contributed by atoms with E-state index in [2.05, 4.69) is 4.52 Å². The summed E-state index contributed by atoms with van der Waals surface area (Å²) in [6.45, 7) is 0. The first kappa shape index (κ1) is 14.6. The van der Waals surface area contributed by atoms with Crippen LogP contribution in [0.25, 0.3) is 0 Å². The molecule has 10 heteroatoms. The fraction of sp³-hybridized carbons (Fsp3) is 0.800. The van der Waals surface area contributed by atoms with Crippen LogP contribution < -0.4 is 5.73 Å². The van der Waals surface area contributed by atoms with Gasteiger partial charge in [-0.3, -0.25) is 13.9 Å². The Labute approximate surface area is 86.9 Å². The lowest BCUT2D eigenvalue weighted by Crippen LogP contribution is -2.31. The summed E-state index contributed by atoms with van der Waals surface area (Å²) >= 11 is 0. The number of rotatable bonds is 7. The molecular formula is C5H11NO7P2. The summed E-state index contributed by atoms with van der Waals surface area (Å²) in [4.78, 5) is 27.7. The molecule has 5 N–H and O–H groups in total. The van der Waals surface area contributed by atoms with Crippen molar-refractivity contribution in [2.75, 3.05) is 0 Å². The molecule has 88 valence electrons. The summed E-state index contributed by atoms with van der Waals surface area (Å²) in [5.74, 6) is -2.87. The zero-order valence-corrected chi connectivity index (χ0v) is 9.30. The molecule has 0 amide bonds. The SMILES string of the molecule is NC(CCC(OP=O)P(=O)(O)O)C(=O)O. The van der Waals surface area contributed by atoms with Gasteiger partial charge in [-0.25, -0.2) is 4.57 Å². The van der Waals surface area contributed by atoms with Gasteiger partial charge in [0.25, 0.3) is 0 Å². The molecule has 0 spiro atoms. The van der Waals surface area contributed by atoms with Gasteiger partial charge in [0.05, 0.1) is 0 Å². The lowest BCUT2D eigenvalue weighted by atomic mass is 10.2. The van der Waals surface area contributed by atoms with E-state index in [4.69, 9.17) is 20.6 Å². The van der Waals surface area contributed by atoms with Crippen LogP contribution in [-0.2, 0) is 18.4 Å². The molecular weight excluding hydrogens is 248 g/mol. The Kier molecular flexibility index (Phi) is 6.12. The monoisotopic (exact) mass is 259 g/mol. The van der Waals surface area contributed by atoms with Gasteiger partial charge in [0.15, 0.2) is 5.85 Å². The average Bonchev–Trinajstić information content (AvgIpc) is 2.09. The van der Waals surface area contributed by atoms with Crippen LogP contribution in [0.15, 0.2) is 0 Å². The van der Waals surface area contributed by atoms with Crippen LogP contribution >= 0.6 is 16.3 Å². The Balaban J connectivity index is 4.25. The average molecular weight is 259 g/mol. The summed E-state index contributed by atoms with van der Waals surface area (Å²) in [6.07, 6.45) is -0.465. The van der Waals surface area contributed by atoms with Crippen molar-refractivity contribution in [3.05, 3.63) is 0 Å². The van der Waals surface area contributed by atoms with E-state index in [0.29, 0.717) is 0 Å². The second-order valence-corrected chi connectivity index (χ2v) is 4.86. The molecule has 0 aliphatic heterocycles. The molecule has 0 aromatic heterocycles. The molecule has 0 aliphatic carbocycles. The van der Waals surface area contributed by atoms with Gasteiger partial charge in [0.2, 0.25) is 0 Å². The molecule has 0 aromatic carbocycles. The van der Waals surface area contributed by atoms with Crippen LogP contribution in [0.5, 0.6) is 0 Å². The topological polar surface area (TPSA) is 147 Å². The van der Waals surface area contributed by atoms with Crippen LogP contribution in [0.3, 0.4) is 0 Å². The highest BCUT2D eigenvalue weighted by molar-refractivity contribution is 7.52. The molecule has 0 bridgehead atoms.